The van der Waals surface area contributed by atoms with E-state index >= 15 is 0 Å². The summed E-state index contributed by atoms with van der Waals surface area (Å²) in [5.74, 6) is 0. The summed E-state index contributed by atoms with van der Waals surface area (Å²) in [4.78, 5) is 22.2. The van der Waals surface area contributed by atoms with Gasteiger partial charge in [-0.1, -0.05) is 12.1 Å². The fourth-order valence-corrected chi connectivity index (χ4v) is 2.79. The fraction of sp³-hybridized carbons (Fsp3) is 0.400. The number of hydrogen-bond donors (Lipinski definition) is 1. The molecule has 0 aliphatic carbocycles. The maximum atomic E-state index is 10.7. The number of nitrogens with one attached hydrogen (secondary N) is 4. The molecule has 0 atom stereocenters. The SMILES string of the molecule is Cc1ccc([N+](=O)[O-])cc1N(CC[NH-])CC[NH-].Cc1ccc([N+](=O)[O-])cc1NCC[NH-].[Ac].[Ac].[Ac]. The van der Waals surface area contributed by atoms with E-state index in [0.717, 1.165) is 22.5 Å². The van der Waals surface area contributed by atoms with Crippen LogP contribution in [0, 0.1) is 166 Å². The van der Waals surface area contributed by atoms with Crippen molar-refractivity contribution >= 4 is 22.7 Å². The van der Waals surface area contributed by atoms with Gasteiger partial charge >= 0.3 is 0 Å². The van der Waals surface area contributed by atoms with Crippen LogP contribution >= 0.6 is 0 Å². The molecule has 0 saturated carbocycles. The Balaban J connectivity index is -0.000000527. The molecule has 2 rings (SSSR count). The van der Waals surface area contributed by atoms with Crippen LogP contribution in [0.4, 0.5) is 22.7 Å². The van der Waals surface area contributed by atoms with Crippen molar-refractivity contribution in [3.8, 4) is 0 Å². The molecule has 2 aromatic carbocycles. The van der Waals surface area contributed by atoms with Gasteiger partial charge in [-0.3, -0.25) is 20.2 Å². The van der Waals surface area contributed by atoms with Gasteiger partial charge in [-0.15, -0.1) is 19.6 Å². The average Bonchev–Trinajstić information content (AvgIpc) is 2.73. The van der Waals surface area contributed by atoms with Gasteiger partial charge in [-0.05, 0) is 44.6 Å². The zero-order valence-electron chi connectivity index (χ0n) is 19.4. The second kappa shape index (κ2) is 22.1. The normalized spacial score (nSPS) is 9.21. The Kier molecular flexibility index (Phi) is 25.7. The minimum absolute atomic E-state index is 0. The molecular weight excluding hydrogens is 1080 g/mol. The molecule has 179 valence electrons. The van der Waals surface area contributed by atoms with Gasteiger partial charge in [0.15, 0.2) is 0 Å². The first kappa shape index (κ1) is 39.6. The Morgan fingerprint density at radius 3 is 1.71 bits per heavy atom. The van der Waals surface area contributed by atoms with Crippen molar-refractivity contribution in [2.75, 3.05) is 49.5 Å². The summed E-state index contributed by atoms with van der Waals surface area (Å²) < 4.78 is 0. The minimum Gasteiger partial charge on any atom is -0.676 e. The van der Waals surface area contributed by atoms with E-state index in [1.165, 1.54) is 24.3 Å². The Morgan fingerprint density at radius 1 is 0.794 bits per heavy atom. The van der Waals surface area contributed by atoms with Crippen molar-refractivity contribution < 1.29 is 142 Å². The van der Waals surface area contributed by atoms with Gasteiger partial charge in [0.25, 0.3) is 11.4 Å². The molecule has 0 heterocycles. The molecule has 34 heavy (non-hydrogen) atoms. The maximum Gasteiger partial charge on any atom is 0.271 e. The van der Waals surface area contributed by atoms with E-state index in [1.807, 2.05) is 18.7 Å². The predicted molar refractivity (Wildman–Crippen MR) is 124 cm³/mol. The van der Waals surface area contributed by atoms with E-state index in [1.54, 1.807) is 12.1 Å². The van der Waals surface area contributed by atoms with E-state index in [-0.39, 0.29) is 163 Å². The van der Waals surface area contributed by atoms with Gasteiger partial charge in [0.05, 0.1) is 9.85 Å². The van der Waals surface area contributed by atoms with Crippen LogP contribution in [0.15, 0.2) is 36.4 Å². The van der Waals surface area contributed by atoms with Crippen molar-refractivity contribution in [2.45, 2.75) is 13.8 Å². The average molecular weight is 1110 g/mol. The van der Waals surface area contributed by atoms with Crippen molar-refractivity contribution in [2.24, 2.45) is 0 Å². The monoisotopic (exact) mass is 1110 g/mol. The Morgan fingerprint density at radius 2 is 1.26 bits per heavy atom. The van der Waals surface area contributed by atoms with Crippen molar-refractivity contribution in [3.05, 3.63) is 85.0 Å². The van der Waals surface area contributed by atoms with Crippen LogP contribution in [-0.2, 0) is 0 Å². The number of aryl methyl sites for hydroxylation is 2. The fourth-order valence-electron chi connectivity index (χ4n) is 2.79. The number of non-ortho nitro benzene ring substituents is 2. The minimum atomic E-state index is -0.428. The molecule has 2 aromatic rings. The Hall–Kier alpha value is 1.04. The number of rotatable bonds is 10. The molecule has 3 radical (unpaired) electrons. The summed E-state index contributed by atoms with van der Waals surface area (Å²) >= 11 is 0. The van der Waals surface area contributed by atoms with Crippen molar-refractivity contribution in [3.63, 3.8) is 0 Å². The van der Waals surface area contributed by atoms with E-state index in [4.69, 9.17) is 17.2 Å². The summed E-state index contributed by atoms with van der Waals surface area (Å²) in [6.45, 7) is 5.89. The Labute approximate surface area is 307 Å². The van der Waals surface area contributed by atoms with Gasteiger partial charge in [0.2, 0.25) is 0 Å². The number of nitro benzene ring substituents is 2. The third-order valence-electron chi connectivity index (χ3n) is 4.38. The van der Waals surface area contributed by atoms with E-state index in [9.17, 15) is 20.2 Å². The first-order valence-corrected chi connectivity index (χ1v) is 9.67. The number of nitrogens with zero attached hydrogens (tertiary/aromatic N) is 3. The molecule has 0 aliphatic heterocycles. The van der Waals surface area contributed by atoms with Crippen LogP contribution in [0.2, 0.25) is 0 Å². The third kappa shape index (κ3) is 14.1. The summed E-state index contributed by atoms with van der Waals surface area (Å²) in [7, 11) is 0. The van der Waals surface area contributed by atoms with Gasteiger partial charge in [0, 0.05) is 168 Å². The molecule has 0 aliphatic rings. The number of anilines is 2. The van der Waals surface area contributed by atoms with Gasteiger partial charge < -0.3 is 27.4 Å². The molecule has 0 saturated heterocycles. The van der Waals surface area contributed by atoms with Gasteiger partial charge in [-0.25, -0.2) is 0 Å². The molecule has 0 amide bonds. The van der Waals surface area contributed by atoms with Crippen molar-refractivity contribution in [1.82, 2.24) is 0 Å². The van der Waals surface area contributed by atoms with Crippen LogP contribution < -0.4 is 10.2 Å². The standard InChI is InChI=1S/C11H16N4O2.C9H12N3O2.3Ac/c1-9-2-3-10(15(16)17)8-11(9)14(6-4-12)7-5-13;1-7-2-3-8(12(13)14)6-9(7)11-5-4-10;;;/h2-3,8,12-13H,4-7H2,1H3;2-3,6,10-11H,4-5H2,1H3;;;/q-2;-1;;;. The zero-order chi connectivity index (χ0) is 23.4. The summed E-state index contributed by atoms with van der Waals surface area (Å²) in [5, 5.41) is 24.2. The summed E-state index contributed by atoms with van der Waals surface area (Å²) in [5.41, 5.74) is 24.9. The number of hydrogen-bond acceptors (Lipinski definition) is 6. The van der Waals surface area contributed by atoms with Crippen LogP contribution in [0.25, 0.3) is 17.2 Å². The van der Waals surface area contributed by atoms with Crippen LogP contribution in [-0.4, -0.2) is 49.1 Å². The first-order chi connectivity index (χ1) is 14.7. The third-order valence-corrected chi connectivity index (χ3v) is 4.38. The molecule has 0 fully saturated rings. The molecule has 0 spiro atoms. The quantitative estimate of drug-likeness (QED) is 0.254. The molecule has 4 N–H and O–H groups in total. The molecule has 11 nitrogen and oxygen atoms in total. The molecule has 14 heteroatoms. The zero-order valence-corrected chi connectivity index (χ0v) is 33.7. The van der Waals surface area contributed by atoms with E-state index in [0.29, 0.717) is 19.6 Å². The van der Waals surface area contributed by atoms with Crippen LogP contribution in [0.1, 0.15) is 11.1 Å². The van der Waals surface area contributed by atoms with E-state index in [2.05, 4.69) is 5.32 Å². The topological polar surface area (TPSA) is 173 Å². The second-order valence-corrected chi connectivity index (χ2v) is 6.65. The first-order valence-electron chi connectivity index (χ1n) is 9.67. The molecular formula is C20H28Ac3N7O4-3. The maximum absolute atomic E-state index is 10.7. The van der Waals surface area contributed by atoms with E-state index < -0.39 is 9.85 Å². The largest absolute Gasteiger partial charge is 0.676 e. The number of nitro groups is 2. The molecule has 0 unspecified atom stereocenters. The molecule has 0 bridgehead atoms. The number of benzene rings is 2. The second-order valence-electron chi connectivity index (χ2n) is 6.65. The smallest absolute Gasteiger partial charge is 0.271 e. The van der Waals surface area contributed by atoms with Crippen LogP contribution in [0.3, 0.4) is 0 Å². The summed E-state index contributed by atoms with van der Waals surface area (Å²) in [6.07, 6.45) is 0. The molecule has 0 aromatic heterocycles. The van der Waals surface area contributed by atoms with Crippen LogP contribution in [0.5, 0.6) is 0 Å². The van der Waals surface area contributed by atoms with Crippen molar-refractivity contribution in [1.29, 1.82) is 0 Å². The van der Waals surface area contributed by atoms with Gasteiger partial charge in [0.1, 0.15) is 0 Å². The Bertz CT molecular complexity index is 885. The van der Waals surface area contributed by atoms with Gasteiger partial charge in [-0.2, -0.15) is 0 Å². The predicted octanol–water partition coefficient (Wildman–Crippen LogP) is 5.18. The summed E-state index contributed by atoms with van der Waals surface area (Å²) in [6, 6.07) is 9.35.